The maximum Gasteiger partial charge on any atom is 0.472 e. The summed E-state index contributed by atoms with van der Waals surface area (Å²) in [6.07, 6.45) is 53.5. The Hall–Kier alpha value is -0.500. The lowest BCUT2D eigenvalue weighted by molar-refractivity contribution is -0.870. The van der Waals surface area contributed by atoms with E-state index in [1.54, 1.807) is 0 Å². The lowest BCUT2D eigenvalue weighted by atomic mass is 10.0. The summed E-state index contributed by atoms with van der Waals surface area (Å²) in [4.78, 5) is 23.1. The monoisotopic (exact) mass is 902 g/mol. The Labute approximate surface area is 387 Å². The molecule has 0 aromatic carbocycles. The van der Waals surface area contributed by atoms with Crippen molar-refractivity contribution < 1.29 is 32.9 Å². The first kappa shape index (κ1) is 61.5. The number of quaternary nitrogens is 1. The molecule has 0 spiro atoms. The number of hydrogen-bond donors (Lipinski definition) is 3. The number of hydrogen-bond acceptors (Lipinski definition) is 5. The Morgan fingerprint density at radius 1 is 0.484 bits per heavy atom. The van der Waals surface area contributed by atoms with E-state index >= 15 is 0 Å². The van der Waals surface area contributed by atoms with Gasteiger partial charge in [0.05, 0.1) is 39.9 Å². The van der Waals surface area contributed by atoms with Gasteiger partial charge >= 0.3 is 7.82 Å². The lowest BCUT2D eigenvalue weighted by Crippen LogP contribution is -2.46. The molecule has 0 aliphatic rings. The van der Waals surface area contributed by atoms with E-state index in [0.29, 0.717) is 23.9 Å². The van der Waals surface area contributed by atoms with Gasteiger partial charge in [-0.05, 0) is 12.8 Å². The van der Waals surface area contributed by atoms with Gasteiger partial charge in [-0.2, -0.15) is 0 Å². The minimum Gasteiger partial charge on any atom is -0.391 e. The number of nitrogens with one attached hydrogen (secondary N) is 1. The van der Waals surface area contributed by atoms with Crippen LogP contribution >= 0.6 is 7.82 Å². The molecule has 0 bridgehead atoms. The molecule has 8 nitrogen and oxygen atoms in total. The minimum atomic E-state index is -4.30. The maximum absolute atomic E-state index is 12.9. The molecule has 0 saturated carbocycles. The van der Waals surface area contributed by atoms with E-state index < -0.39 is 20.0 Å². The van der Waals surface area contributed by atoms with Crippen molar-refractivity contribution in [1.29, 1.82) is 0 Å². The van der Waals surface area contributed by atoms with Crippen LogP contribution in [0.2, 0.25) is 0 Å². The number of phosphoric ester groups is 1. The molecule has 0 aliphatic heterocycles. The molecule has 0 radical (unpaired) electrons. The van der Waals surface area contributed by atoms with Gasteiger partial charge in [0, 0.05) is 6.42 Å². The summed E-state index contributed by atoms with van der Waals surface area (Å²) in [6, 6.07) is -0.752. The molecule has 0 aliphatic carbocycles. The maximum atomic E-state index is 12.9. The van der Waals surface area contributed by atoms with Crippen LogP contribution in [0, 0.1) is 0 Å². The molecule has 62 heavy (non-hydrogen) atoms. The van der Waals surface area contributed by atoms with Crippen LogP contribution in [0.4, 0.5) is 0 Å². The highest BCUT2D eigenvalue weighted by Crippen LogP contribution is 2.43. The Kier molecular flexibility index (Phi) is 45.3. The number of aliphatic hydroxyl groups excluding tert-OH is 1. The highest BCUT2D eigenvalue weighted by Gasteiger charge is 2.28. The van der Waals surface area contributed by atoms with Crippen LogP contribution in [0.5, 0.6) is 0 Å². The fourth-order valence-electron chi connectivity index (χ4n) is 8.52. The smallest absolute Gasteiger partial charge is 0.391 e. The first-order valence-corrected chi connectivity index (χ1v) is 28.9. The number of aliphatic hydroxyl groups is 1. The summed E-state index contributed by atoms with van der Waals surface area (Å²) >= 11 is 0. The summed E-state index contributed by atoms with van der Waals surface area (Å²) in [5.41, 5.74) is 0. The SMILES string of the molecule is CCCCCCCCCCCCCCCCCCCCCCCCCCCCCCCCCCCC(=O)NC(COP(=O)(O)OCC[N+](C)(C)C)C(O)CCCCCCCCC. The van der Waals surface area contributed by atoms with Crippen LogP contribution < -0.4 is 5.32 Å². The number of phosphoric acid groups is 1. The zero-order valence-electron chi connectivity index (χ0n) is 42.4. The van der Waals surface area contributed by atoms with Gasteiger partial charge in [-0.15, -0.1) is 0 Å². The Bertz CT molecular complexity index is 978. The highest BCUT2D eigenvalue weighted by atomic mass is 31.2. The molecule has 0 rings (SSSR count). The summed E-state index contributed by atoms with van der Waals surface area (Å²) in [7, 11) is 1.63. The van der Waals surface area contributed by atoms with E-state index in [0.717, 1.165) is 38.5 Å². The third-order valence-electron chi connectivity index (χ3n) is 12.9. The molecule has 9 heteroatoms. The van der Waals surface area contributed by atoms with Crippen molar-refractivity contribution in [3.05, 3.63) is 0 Å². The molecule has 3 atom stereocenters. The van der Waals surface area contributed by atoms with Crippen LogP contribution in [0.3, 0.4) is 0 Å². The number of carbonyl (C=O) groups is 1. The molecule has 3 N–H and O–H groups in total. The van der Waals surface area contributed by atoms with Crippen molar-refractivity contribution in [3.63, 3.8) is 0 Å². The van der Waals surface area contributed by atoms with Crippen molar-refractivity contribution in [2.45, 2.75) is 296 Å². The van der Waals surface area contributed by atoms with E-state index in [-0.39, 0.29) is 19.1 Å². The van der Waals surface area contributed by atoms with Crippen molar-refractivity contribution >= 4 is 13.7 Å². The predicted octanol–water partition coefficient (Wildman–Crippen LogP) is 16.1. The van der Waals surface area contributed by atoms with Crippen molar-refractivity contribution in [2.24, 2.45) is 0 Å². The van der Waals surface area contributed by atoms with Crippen LogP contribution in [-0.4, -0.2) is 73.4 Å². The largest absolute Gasteiger partial charge is 0.472 e. The minimum absolute atomic E-state index is 0.0780. The fraction of sp³-hybridized carbons (Fsp3) is 0.981. The van der Waals surface area contributed by atoms with Gasteiger partial charge in [-0.3, -0.25) is 13.8 Å². The number of rotatable bonds is 51. The van der Waals surface area contributed by atoms with Crippen LogP contribution in [-0.2, 0) is 18.4 Å². The molecule has 372 valence electrons. The van der Waals surface area contributed by atoms with Gasteiger partial charge in [0.2, 0.25) is 5.91 Å². The number of amides is 1. The van der Waals surface area contributed by atoms with Crippen molar-refractivity contribution in [3.8, 4) is 0 Å². The first-order valence-electron chi connectivity index (χ1n) is 27.4. The van der Waals surface area contributed by atoms with Gasteiger partial charge in [0.1, 0.15) is 13.2 Å². The van der Waals surface area contributed by atoms with Gasteiger partial charge in [0.15, 0.2) is 0 Å². The Morgan fingerprint density at radius 2 is 0.774 bits per heavy atom. The quantitative estimate of drug-likeness (QED) is 0.0319. The Balaban J connectivity index is 3.78. The molecule has 0 aromatic heterocycles. The third-order valence-corrected chi connectivity index (χ3v) is 13.8. The summed E-state index contributed by atoms with van der Waals surface area (Å²) in [5, 5.41) is 13.9. The molecule has 0 aromatic rings. The van der Waals surface area contributed by atoms with E-state index in [9.17, 15) is 19.4 Å². The van der Waals surface area contributed by atoms with E-state index in [1.807, 2.05) is 21.1 Å². The van der Waals surface area contributed by atoms with Crippen molar-refractivity contribution in [1.82, 2.24) is 5.32 Å². The van der Waals surface area contributed by atoms with Gasteiger partial charge in [-0.25, -0.2) is 4.57 Å². The summed E-state index contributed by atoms with van der Waals surface area (Å²) in [6.45, 7) is 4.87. The molecular formula is C53H110N2O6P+. The topological polar surface area (TPSA) is 105 Å². The number of likely N-dealkylation sites (N-methyl/N-ethyl adjacent to an activating group) is 1. The van der Waals surface area contributed by atoms with Gasteiger partial charge in [0.25, 0.3) is 0 Å². The molecule has 0 heterocycles. The Morgan fingerprint density at radius 3 is 1.08 bits per heavy atom. The number of carbonyl (C=O) groups excluding carboxylic acids is 1. The van der Waals surface area contributed by atoms with Crippen molar-refractivity contribution in [2.75, 3.05) is 40.9 Å². The van der Waals surface area contributed by atoms with Crippen LogP contribution in [0.15, 0.2) is 0 Å². The zero-order valence-corrected chi connectivity index (χ0v) is 43.3. The second-order valence-electron chi connectivity index (χ2n) is 20.3. The highest BCUT2D eigenvalue weighted by molar-refractivity contribution is 7.47. The third kappa shape index (κ3) is 47.5. The van der Waals surface area contributed by atoms with Gasteiger partial charge < -0.3 is 19.8 Å². The average molecular weight is 902 g/mol. The van der Waals surface area contributed by atoms with E-state index in [1.165, 1.54) is 218 Å². The fourth-order valence-corrected chi connectivity index (χ4v) is 9.26. The second kappa shape index (κ2) is 45.6. The van der Waals surface area contributed by atoms with E-state index in [4.69, 9.17) is 9.05 Å². The number of nitrogens with zero attached hydrogens (tertiary/aromatic N) is 1. The number of unbranched alkanes of at least 4 members (excludes halogenated alkanes) is 38. The average Bonchev–Trinajstić information content (AvgIpc) is 3.23. The molecule has 3 unspecified atom stereocenters. The molecule has 0 fully saturated rings. The predicted molar refractivity (Wildman–Crippen MR) is 268 cm³/mol. The normalized spacial score (nSPS) is 14.0. The molecule has 0 saturated heterocycles. The summed E-state index contributed by atoms with van der Waals surface area (Å²) in [5.74, 6) is -0.142. The second-order valence-corrected chi connectivity index (χ2v) is 21.8. The first-order chi connectivity index (χ1) is 30.0. The molecule has 1 amide bonds. The van der Waals surface area contributed by atoms with E-state index in [2.05, 4.69) is 19.2 Å². The zero-order chi connectivity index (χ0) is 45.7. The van der Waals surface area contributed by atoms with Gasteiger partial charge in [-0.1, -0.05) is 264 Å². The standard InChI is InChI=1S/C53H109N2O6P/c1-6-8-10-12-14-15-16-17-18-19-20-21-22-23-24-25-26-27-28-29-30-31-32-33-34-35-36-37-38-39-41-43-45-47-53(57)54-51(52(56)46-44-42-40-13-11-9-7-2)50-61-62(58,59)60-49-48-55(3,4)5/h51-52,56H,6-50H2,1-5H3,(H-,54,57,58,59)/p+1. The van der Waals surface area contributed by atoms with Crippen LogP contribution in [0.25, 0.3) is 0 Å². The summed E-state index contributed by atoms with van der Waals surface area (Å²) < 4.78 is 23.6. The van der Waals surface area contributed by atoms with Crippen LogP contribution in [0.1, 0.15) is 284 Å². The molecular weight excluding hydrogens is 792 g/mol. The lowest BCUT2D eigenvalue weighted by Gasteiger charge is -2.26.